The van der Waals surface area contributed by atoms with Crippen molar-refractivity contribution >= 4 is 23.3 Å². The van der Waals surface area contributed by atoms with Crippen LogP contribution in [0.15, 0.2) is 22.8 Å². The van der Waals surface area contributed by atoms with Crippen LogP contribution in [0.25, 0.3) is 0 Å². The lowest BCUT2D eigenvalue weighted by atomic mass is 9.42. The maximum atomic E-state index is 14.1. The average Bonchev–Trinajstić information content (AvgIpc) is 3.03. The molecule has 3 N–H and O–H groups in total. The summed E-state index contributed by atoms with van der Waals surface area (Å²) in [5.74, 6) is -2.12. The Labute approximate surface area is 219 Å². The molecular weight excluding hydrogens is 472 g/mol. The largest absolute Gasteiger partial charge is 0.478 e. The minimum Gasteiger partial charge on any atom is -0.478 e. The Kier molecular flexibility index (Phi) is 6.56. The SMILES string of the molecule is C/C(=C\CC[C@@H](C)[C@H]1C[C@H](O)[C@@]2(C)C3=C(C(=O)[C@@H](O)[C@]12C)[C@@]1(C)CCC(=O)C(C)(C)C1CC3=O)C(=O)O. The van der Waals surface area contributed by atoms with E-state index in [2.05, 4.69) is 0 Å². The van der Waals surface area contributed by atoms with Gasteiger partial charge in [0, 0.05) is 51.2 Å². The molecule has 204 valence electrons. The first kappa shape index (κ1) is 27.9. The summed E-state index contributed by atoms with van der Waals surface area (Å²) in [6, 6.07) is 0. The van der Waals surface area contributed by atoms with Crippen molar-refractivity contribution in [2.45, 2.75) is 99.2 Å². The number of carbonyl (C=O) groups is 4. The van der Waals surface area contributed by atoms with Gasteiger partial charge in [-0.15, -0.1) is 0 Å². The maximum absolute atomic E-state index is 14.1. The molecule has 37 heavy (non-hydrogen) atoms. The van der Waals surface area contributed by atoms with Crippen molar-refractivity contribution in [2.24, 2.45) is 39.4 Å². The van der Waals surface area contributed by atoms with Crippen LogP contribution in [-0.4, -0.2) is 50.8 Å². The van der Waals surface area contributed by atoms with Gasteiger partial charge in [-0.2, -0.15) is 0 Å². The molecule has 0 aromatic carbocycles. The summed E-state index contributed by atoms with van der Waals surface area (Å²) in [6.45, 7) is 12.9. The van der Waals surface area contributed by atoms with Gasteiger partial charge in [-0.3, -0.25) is 14.4 Å². The highest BCUT2D eigenvalue weighted by atomic mass is 16.4. The van der Waals surface area contributed by atoms with Gasteiger partial charge >= 0.3 is 5.97 Å². The molecule has 0 bridgehead atoms. The first-order chi connectivity index (χ1) is 17.0. The van der Waals surface area contributed by atoms with Crippen LogP contribution >= 0.6 is 0 Å². The van der Waals surface area contributed by atoms with Crippen LogP contribution in [0.3, 0.4) is 0 Å². The summed E-state index contributed by atoms with van der Waals surface area (Å²) in [5.41, 5.74) is -2.69. The molecule has 4 aliphatic rings. The van der Waals surface area contributed by atoms with E-state index in [-0.39, 0.29) is 41.3 Å². The molecule has 4 aliphatic carbocycles. The summed E-state index contributed by atoms with van der Waals surface area (Å²) in [6.07, 6.45) is 1.77. The number of hydrogen-bond donors (Lipinski definition) is 3. The van der Waals surface area contributed by atoms with Crippen molar-refractivity contribution < 1.29 is 34.5 Å². The fourth-order valence-electron chi connectivity index (χ4n) is 8.78. The van der Waals surface area contributed by atoms with E-state index in [1.165, 1.54) is 0 Å². The molecule has 0 spiro atoms. The van der Waals surface area contributed by atoms with Crippen LogP contribution in [0.2, 0.25) is 0 Å². The Morgan fingerprint density at radius 2 is 1.70 bits per heavy atom. The molecule has 0 aromatic heterocycles. The Hall–Kier alpha value is -2.12. The zero-order chi connectivity index (χ0) is 27.9. The summed E-state index contributed by atoms with van der Waals surface area (Å²) in [5, 5.41) is 32.5. The number of fused-ring (bicyclic) bond motifs is 4. The quantitative estimate of drug-likeness (QED) is 0.472. The fourth-order valence-corrected chi connectivity index (χ4v) is 8.78. The Bertz CT molecular complexity index is 1130. The maximum Gasteiger partial charge on any atom is 0.330 e. The van der Waals surface area contributed by atoms with Crippen LogP contribution in [-0.2, 0) is 19.2 Å². The van der Waals surface area contributed by atoms with Gasteiger partial charge in [-0.05, 0) is 50.4 Å². The summed E-state index contributed by atoms with van der Waals surface area (Å²) in [4.78, 5) is 52.0. The third kappa shape index (κ3) is 3.52. The lowest BCUT2D eigenvalue weighted by molar-refractivity contribution is -0.158. The van der Waals surface area contributed by atoms with E-state index >= 15 is 0 Å². The highest BCUT2D eigenvalue weighted by molar-refractivity contribution is 6.13. The van der Waals surface area contributed by atoms with Crippen LogP contribution in [0.4, 0.5) is 0 Å². The summed E-state index contributed by atoms with van der Waals surface area (Å²) in [7, 11) is 0. The van der Waals surface area contributed by atoms with E-state index < -0.39 is 45.6 Å². The van der Waals surface area contributed by atoms with Crippen LogP contribution in [0.5, 0.6) is 0 Å². The van der Waals surface area contributed by atoms with E-state index in [9.17, 15) is 29.4 Å². The number of carboxylic acid groups (broad SMARTS) is 1. The first-order valence-corrected chi connectivity index (χ1v) is 13.6. The van der Waals surface area contributed by atoms with E-state index in [0.29, 0.717) is 43.3 Å². The van der Waals surface area contributed by atoms with Gasteiger partial charge in [-0.1, -0.05) is 47.6 Å². The minimum absolute atomic E-state index is 0.0304. The second-order valence-electron chi connectivity index (χ2n) is 13.3. The van der Waals surface area contributed by atoms with Gasteiger partial charge in [0.1, 0.15) is 11.9 Å². The molecule has 0 aliphatic heterocycles. The fraction of sp³-hybridized carbons (Fsp3) is 0.733. The minimum atomic E-state index is -1.39. The average molecular weight is 515 g/mol. The molecule has 8 atom stereocenters. The summed E-state index contributed by atoms with van der Waals surface area (Å²) >= 11 is 0. The molecule has 0 saturated heterocycles. The normalized spacial score (nSPS) is 42.3. The molecule has 7 nitrogen and oxygen atoms in total. The molecule has 2 saturated carbocycles. The summed E-state index contributed by atoms with van der Waals surface area (Å²) < 4.78 is 0. The van der Waals surface area contributed by atoms with Crippen molar-refractivity contribution in [1.82, 2.24) is 0 Å². The molecule has 0 aromatic rings. The predicted octanol–water partition coefficient (Wildman–Crippen LogP) is 4.05. The van der Waals surface area contributed by atoms with Gasteiger partial charge < -0.3 is 15.3 Å². The number of aliphatic hydroxyl groups is 2. The standard InChI is InChI=1S/C30H42O7/c1-15(9-8-10-16(2)26(36)37)17-13-21(33)30(7)22-18(31)14-19-27(3,4)20(32)11-12-28(19,5)23(22)24(34)25(35)29(17,30)6/h10,15,17,19,21,25,33,35H,8-9,11-14H2,1-7H3,(H,36,37)/b16-10+/t15-,17-,19?,21+,25-,28+,29+,30+/m1/s1. The second-order valence-corrected chi connectivity index (χ2v) is 13.3. The van der Waals surface area contributed by atoms with Gasteiger partial charge in [0.15, 0.2) is 11.6 Å². The Balaban J connectivity index is 1.81. The van der Waals surface area contributed by atoms with Gasteiger partial charge in [0.25, 0.3) is 0 Å². The third-order valence-electron chi connectivity index (χ3n) is 11.4. The molecule has 0 amide bonds. The number of hydrogen-bond acceptors (Lipinski definition) is 6. The van der Waals surface area contributed by atoms with E-state index in [1.807, 2.05) is 41.5 Å². The van der Waals surface area contributed by atoms with Crippen LogP contribution in [0, 0.1) is 39.4 Å². The molecule has 1 unspecified atom stereocenters. The molecular formula is C30H42O7. The zero-order valence-corrected chi connectivity index (χ0v) is 23.2. The number of aliphatic carboxylic acids is 1. The molecule has 0 heterocycles. The van der Waals surface area contributed by atoms with Gasteiger partial charge in [0.05, 0.1) is 6.10 Å². The Morgan fingerprint density at radius 1 is 1.08 bits per heavy atom. The van der Waals surface area contributed by atoms with E-state index in [0.717, 1.165) is 0 Å². The van der Waals surface area contributed by atoms with Crippen molar-refractivity contribution in [3.05, 3.63) is 22.8 Å². The smallest absolute Gasteiger partial charge is 0.330 e. The monoisotopic (exact) mass is 514 g/mol. The van der Waals surface area contributed by atoms with E-state index in [1.54, 1.807) is 13.0 Å². The zero-order valence-electron chi connectivity index (χ0n) is 23.2. The number of allylic oxidation sites excluding steroid dienone is 1. The van der Waals surface area contributed by atoms with Crippen molar-refractivity contribution in [1.29, 1.82) is 0 Å². The number of aliphatic hydroxyl groups excluding tert-OH is 2. The molecule has 0 radical (unpaired) electrons. The second kappa shape index (κ2) is 8.70. The van der Waals surface area contributed by atoms with Crippen molar-refractivity contribution in [3.8, 4) is 0 Å². The number of rotatable bonds is 5. The lowest BCUT2D eigenvalue weighted by Gasteiger charge is -2.60. The van der Waals surface area contributed by atoms with Crippen molar-refractivity contribution in [3.63, 3.8) is 0 Å². The Morgan fingerprint density at radius 3 is 2.30 bits per heavy atom. The molecule has 4 rings (SSSR count). The predicted molar refractivity (Wildman–Crippen MR) is 137 cm³/mol. The molecule has 7 heteroatoms. The van der Waals surface area contributed by atoms with Gasteiger partial charge in [-0.25, -0.2) is 4.79 Å². The van der Waals surface area contributed by atoms with Crippen LogP contribution < -0.4 is 0 Å². The number of Topliss-reactive ketones (excluding diaryl/α,β-unsaturated/α-hetero) is 3. The molecule has 2 fully saturated rings. The first-order valence-electron chi connectivity index (χ1n) is 13.6. The van der Waals surface area contributed by atoms with Crippen LogP contribution in [0.1, 0.15) is 87.0 Å². The number of ketones is 3. The topological polar surface area (TPSA) is 129 Å². The van der Waals surface area contributed by atoms with E-state index in [4.69, 9.17) is 5.11 Å². The van der Waals surface area contributed by atoms with Crippen molar-refractivity contribution in [2.75, 3.05) is 0 Å². The third-order valence-corrected chi connectivity index (χ3v) is 11.4. The van der Waals surface area contributed by atoms with Gasteiger partial charge in [0.2, 0.25) is 0 Å². The number of carboxylic acids is 1. The lowest BCUT2D eigenvalue weighted by Crippen LogP contribution is -2.64. The highest BCUT2D eigenvalue weighted by Gasteiger charge is 2.73. The number of carbonyl (C=O) groups excluding carboxylic acids is 3. The highest BCUT2D eigenvalue weighted by Crippen LogP contribution is 2.70.